The highest BCUT2D eigenvalue weighted by atomic mass is 32.7. The average Bonchev–Trinajstić information content (AvgIpc) is 2.23. The first kappa shape index (κ1) is 16.3. The third-order valence-electron chi connectivity index (χ3n) is 1.89. The van der Waals surface area contributed by atoms with E-state index in [4.69, 9.17) is 22.0 Å². The van der Waals surface area contributed by atoms with Crippen LogP contribution in [0.25, 0.3) is 0 Å². The van der Waals surface area contributed by atoms with Gasteiger partial charge in [-0.15, -0.1) is 0 Å². The molecule has 0 aliphatic heterocycles. The van der Waals surface area contributed by atoms with Crippen LogP contribution in [0.15, 0.2) is 24.3 Å². The first-order valence-electron chi connectivity index (χ1n) is 4.87. The van der Waals surface area contributed by atoms with Gasteiger partial charge in [-0.2, -0.15) is 0 Å². The van der Waals surface area contributed by atoms with Gasteiger partial charge >= 0.3 is 0 Å². The van der Waals surface area contributed by atoms with E-state index in [1.54, 1.807) is 0 Å². The summed E-state index contributed by atoms with van der Waals surface area (Å²) < 4.78 is 22.2. The number of rotatable bonds is 6. The van der Waals surface area contributed by atoms with E-state index in [0.29, 0.717) is 11.5 Å². The minimum atomic E-state index is -3.04. The monoisotopic (exact) mass is 326 g/mol. The van der Waals surface area contributed by atoms with Crippen LogP contribution in [-0.2, 0) is 20.6 Å². The van der Waals surface area contributed by atoms with E-state index < -0.39 is 13.3 Å². The Balaban J connectivity index is 2.53. The molecule has 0 fully saturated rings. The van der Waals surface area contributed by atoms with Gasteiger partial charge < -0.3 is 0 Å². The molecule has 1 rings (SSSR count). The SMILES string of the molecule is NP(N)(=O)SCc1ccc(CSP(N)(N)=O)cc1. The van der Waals surface area contributed by atoms with Gasteiger partial charge in [0.25, 0.3) is 13.3 Å². The van der Waals surface area contributed by atoms with E-state index in [0.717, 1.165) is 33.9 Å². The van der Waals surface area contributed by atoms with Crippen molar-refractivity contribution in [2.24, 2.45) is 22.0 Å². The topological polar surface area (TPSA) is 138 Å². The summed E-state index contributed by atoms with van der Waals surface area (Å²) in [5.41, 5.74) is 22.9. The molecule has 0 spiro atoms. The Morgan fingerprint density at radius 3 is 1.28 bits per heavy atom. The van der Waals surface area contributed by atoms with Crippen LogP contribution in [0.5, 0.6) is 0 Å². The fraction of sp³-hybridized carbons (Fsp3) is 0.250. The van der Waals surface area contributed by atoms with Crippen molar-refractivity contribution in [2.75, 3.05) is 0 Å². The summed E-state index contributed by atoms with van der Waals surface area (Å²) in [6, 6.07) is 7.49. The zero-order valence-electron chi connectivity index (χ0n) is 9.56. The standard InChI is InChI=1S/C8H16N4O2P2S2/c9-15(10,13)17-5-7-1-2-8(4-3-7)6-18-16(11,12)14/h1-4H,5-6H2,(H4,9,10,13)(H4,11,12,14). The summed E-state index contributed by atoms with van der Waals surface area (Å²) in [7, 11) is 0. The molecule has 18 heavy (non-hydrogen) atoms. The predicted octanol–water partition coefficient (Wildman–Crippen LogP) is 2.20. The number of benzene rings is 1. The first-order chi connectivity index (χ1) is 8.16. The minimum Gasteiger partial charge on any atom is -0.277 e. The molecule has 102 valence electrons. The molecule has 0 aliphatic carbocycles. The Hall–Kier alpha value is 0.220. The number of hydrogen-bond donors (Lipinski definition) is 4. The van der Waals surface area contributed by atoms with Gasteiger partial charge in [0.1, 0.15) is 0 Å². The molecule has 0 atom stereocenters. The van der Waals surface area contributed by atoms with E-state index in [-0.39, 0.29) is 0 Å². The summed E-state index contributed by atoms with van der Waals surface area (Å²) in [6.45, 7) is -6.07. The maximum absolute atomic E-state index is 11.1. The van der Waals surface area contributed by atoms with Crippen LogP contribution < -0.4 is 22.0 Å². The maximum Gasteiger partial charge on any atom is 0.261 e. The second-order valence-corrected chi connectivity index (χ2v) is 12.3. The fourth-order valence-corrected chi connectivity index (χ4v) is 4.27. The summed E-state index contributed by atoms with van der Waals surface area (Å²) in [5, 5.41) is 0. The van der Waals surface area contributed by atoms with Crippen molar-refractivity contribution >= 4 is 36.1 Å². The highest BCUT2D eigenvalue weighted by Crippen LogP contribution is 2.45. The van der Waals surface area contributed by atoms with Gasteiger partial charge in [-0.3, -0.25) is 31.1 Å². The predicted molar refractivity (Wildman–Crippen MR) is 81.0 cm³/mol. The Bertz CT molecular complexity index is 439. The van der Waals surface area contributed by atoms with Crippen molar-refractivity contribution in [1.29, 1.82) is 0 Å². The van der Waals surface area contributed by atoms with Gasteiger partial charge in [-0.25, -0.2) is 0 Å². The molecule has 0 radical (unpaired) electrons. The van der Waals surface area contributed by atoms with E-state index in [9.17, 15) is 9.13 Å². The van der Waals surface area contributed by atoms with E-state index in [1.165, 1.54) is 0 Å². The molecule has 0 heterocycles. The molecule has 10 heteroatoms. The molecule has 1 aromatic rings. The zero-order chi connectivity index (χ0) is 13.8. The van der Waals surface area contributed by atoms with Crippen LogP contribution in [0.3, 0.4) is 0 Å². The van der Waals surface area contributed by atoms with Gasteiger partial charge in [-0.05, 0) is 11.1 Å². The van der Waals surface area contributed by atoms with E-state index >= 15 is 0 Å². The molecule has 0 saturated carbocycles. The second kappa shape index (κ2) is 6.59. The molecule has 1 aromatic carbocycles. The molecule has 6 nitrogen and oxygen atoms in total. The lowest BCUT2D eigenvalue weighted by Gasteiger charge is -2.08. The number of hydrogen-bond acceptors (Lipinski definition) is 4. The van der Waals surface area contributed by atoms with Crippen molar-refractivity contribution in [3.8, 4) is 0 Å². The Morgan fingerprint density at radius 2 is 1.06 bits per heavy atom. The van der Waals surface area contributed by atoms with Crippen molar-refractivity contribution in [2.45, 2.75) is 11.5 Å². The molecule has 0 saturated heterocycles. The van der Waals surface area contributed by atoms with Crippen LogP contribution in [0, 0.1) is 0 Å². The Kier molecular flexibility index (Phi) is 5.96. The van der Waals surface area contributed by atoms with E-state index in [2.05, 4.69) is 0 Å². The van der Waals surface area contributed by atoms with Crippen LogP contribution in [0.2, 0.25) is 0 Å². The molecule has 0 aromatic heterocycles. The zero-order valence-corrected chi connectivity index (χ0v) is 13.0. The largest absolute Gasteiger partial charge is 0.277 e. The molecule has 0 amide bonds. The van der Waals surface area contributed by atoms with Crippen LogP contribution in [-0.4, -0.2) is 0 Å². The molecule has 8 N–H and O–H groups in total. The fourth-order valence-electron chi connectivity index (χ4n) is 1.08. The second-order valence-electron chi connectivity index (χ2n) is 3.65. The number of nitrogens with two attached hydrogens (primary N) is 4. The highest BCUT2D eigenvalue weighted by Gasteiger charge is 2.10. The van der Waals surface area contributed by atoms with Gasteiger partial charge in [0.2, 0.25) is 0 Å². The van der Waals surface area contributed by atoms with Gasteiger partial charge in [-0.1, -0.05) is 47.0 Å². The quantitative estimate of drug-likeness (QED) is 0.584. The van der Waals surface area contributed by atoms with Crippen LogP contribution in [0.1, 0.15) is 11.1 Å². The van der Waals surface area contributed by atoms with Crippen molar-refractivity contribution < 1.29 is 9.13 Å². The lowest BCUT2D eigenvalue weighted by atomic mass is 10.2. The third kappa shape index (κ3) is 7.61. The van der Waals surface area contributed by atoms with Crippen molar-refractivity contribution in [3.05, 3.63) is 35.4 Å². The third-order valence-corrected chi connectivity index (χ3v) is 6.82. The summed E-state index contributed by atoms with van der Waals surface area (Å²) in [6.07, 6.45) is 0. The smallest absolute Gasteiger partial charge is 0.261 e. The molecular weight excluding hydrogens is 310 g/mol. The van der Waals surface area contributed by atoms with Gasteiger partial charge in [0.05, 0.1) is 0 Å². The first-order valence-corrected chi connectivity index (χ1v) is 11.7. The highest BCUT2D eigenvalue weighted by molar-refractivity contribution is 8.56. The molecular formula is C8H16N4O2P2S2. The van der Waals surface area contributed by atoms with Gasteiger partial charge in [0, 0.05) is 11.5 Å². The summed E-state index contributed by atoms with van der Waals surface area (Å²) in [5.74, 6) is 0.980. The normalized spacial score (nSPS) is 12.7. The summed E-state index contributed by atoms with van der Waals surface area (Å²) >= 11 is 2.06. The van der Waals surface area contributed by atoms with Crippen molar-refractivity contribution in [1.82, 2.24) is 0 Å². The Morgan fingerprint density at radius 1 is 0.778 bits per heavy atom. The van der Waals surface area contributed by atoms with Crippen molar-refractivity contribution in [3.63, 3.8) is 0 Å². The lowest BCUT2D eigenvalue weighted by molar-refractivity contribution is 0.585. The minimum absolute atomic E-state index is 0.490. The average molecular weight is 326 g/mol. The van der Waals surface area contributed by atoms with E-state index in [1.807, 2.05) is 24.3 Å². The van der Waals surface area contributed by atoms with Crippen LogP contribution in [0.4, 0.5) is 0 Å². The molecule has 0 bridgehead atoms. The Labute approximate surface area is 114 Å². The summed E-state index contributed by atoms with van der Waals surface area (Å²) in [4.78, 5) is 0. The van der Waals surface area contributed by atoms with Gasteiger partial charge in [0.15, 0.2) is 0 Å². The maximum atomic E-state index is 11.1. The molecule has 0 aliphatic rings. The molecule has 0 unspecified atom stereocenters. The van der Waals surface area contributed by atoms with Crippen LogP contribution >= 0.6 is 36.1 Å². The lowest BCUT2D eigenvalue weighted by Crippen LogP contribution is -2.01.